The first-order valence-corrected chi connectivity index (χ1v) is 9.59. The van der Waals surface area contributed by atoms with E-state index in [1.165, 1.54) is 11.1 Å². The van der Waals surface area contributed by atoms with E-state index in [1.54, 1.807) is 16.8 Å². The molecular formula is C20H29N3O4. The van der Waals surface area contributed by atoms with Crippen LogP contribution in [0.2, 0.25) is 0 Å². The van der Waals surface area contributed by atoms with Crippen molar-refractivity contribution in [1.29, 1.82) is 0 Å². The lowest BCUT2D eigenvalue weighted by Gasteiger charge is -2.37. The number of aryl methyl sites for hydroxylation is 1. The summed E-state index contributed by atoms with van der Waals surface area (Å²) in [6, 6.07) is 8.28. The van der Waals surface area contributed by atoms with Crippen molar-refractivity contribution in [1.82, 2.24) is 15.1 Å². The molecule has 0 spiro atoms. The van der Waals surface area contributed by atoms with Gasteiger partial charge in [-0.1, -0.05) is 31.2 Å². The fourth-order valence-electron chi connectivity index (χ4n) is 4.02. The Balaban J connectivity index is 1.60. The lowest BCUT2D eigenvalue weighted by molar-refractivity contribution is -0.138. The summed E-state index contributed by atoms with van der Waals surface area (Å²) in [7, 11) is 1.75. The third kappa shape index (κ3) is 4.99. The van der Waals surface area contributed by atoms with Gasteiger partial charge in [0.1, 0.15) is 0 Å². The van der Waals surface area contributed by atoms with Crippen molar-refractivity contribution in [2.75, 3.05) is 39.8 Å². The van der Waals surface area contributed by atoms with E-state index in [0.717, 1.165) is 12.8 Å². The molecule has 2 N–H and O–H groups in total. The molecule has 0 radical (unpaired) electrons. The topological polar surface area (TPSA) is 82.1 Å². The average molecular weight is 375 g/mol. The number of fused-ring (bicyclic) bond motifs is 1. The Morgan fingerprint density at radius 2 is 2.15 bits per heavy atom. The molecule has 7 heteroatoms. The van der Waals surface area contributed by atoms with Crippen molar-refractivity contribution >= 4 is 12.0 Å². The van der Waals surface area contributed by atoms with Gasteiger partial charge in [0.15, 0.2) is 0 Å². The second-order valence-electron chi connectivity index (χ2n) is 7.67. The number of ether oxygens (including phenoxy) is 1. The third-order valence-corrected chi connectivity index (χ3v) is 5.45. The van der Waals surface area contributed by atoms with Gasteiger partial charge in [0.2, 0.25) is 0 Å². The van der Waals surface area contributed by atoms with Crippen LogP contribution in [0.25, 0.3) is 0 Å². The molecule has 1 aromatic carbocycles. The smallest absolute Gasteiger partial charge is 0.318 e. The summed E-state index contributed by atoms with van der Waals surface area (Å²) in [6.07, 6.45) is 1.94. The van der Waals surface area contributed by atoms with E-state index < -0.39 is 5.97 Å². The lowest BCUT2D eigenvalue weighted by Crippen LogP contribution is -2.53. The van der Waals surface area contributed by atoms with Crippen LogP contribution in [0.3, 0.4) is 0 Å². The van der Waals surface area contributed by atoms with Crippen LogP contribution in [0.15, 0.2) is 24.3 Å². The van der Waals surface area contributed by atoms with Gasteiger partial charge in [-0.05, 0) is 36.9 Å². The maximum Gasteiger partial charge on any atom is 0.318 e. The molecule has 3 atom stereocenters. The Kier molecular flexibility index (Phi) is 6.34. The Labute approximate surface area is 160 Å². The van der Waals surface area contributed by atoms with Gasteiger partial charge < -0.3 is 20.1 Å². The number of nitrogens with one attached hydrogen (secondary N) is 1. The van der Waals surface area contributed by atoms with Crippen LogP contribution in [0.1, 0.15) is 30.5 Å². The SMILES string of the molecule is CC1CCc2ccccc2C1NC(=O)N1CCOC(CN(C)CC(=O)O)C1. The second kappa shape index (κ2) is 8.71. The van der Waals surface area contributed by atoms with Crippen molar-refractivity contribution in [2.45, 2.75) is 31.9 Å². The number of rotatable bonds is 5. The van der Waals surface area contributed by atoms with E-state index in [1.807, 2.05) is 12.1 Å². The minimum atomic E-state index is -0.868. The summed E-state index contributed by atoms with van der Waals surface area (Å²) in [5.74, 6) is -0.477. The van der Waals surface area contributed by atoms with Gasteiger partial charge in [-0.25, -0.2) is 4.79 Å². The third-order valence-electron chi connectivity index (χ3n) is 5.45. The van der Waals surface area contributed by atoms with E-state index >= 15 is 0 Å². The highest BCUT2D eigenvalue weighted by Crippen LogP contribution is 2.34. The van der Waals surface area contributed by atoms with Gasteiger partial charge in [-0.2, -0.15) is 0 Å². The number of hydrogen-bond donors (Lipinski definition) is 2. The van der Waals surface area contributed by atoms with Crippen LogP contribution in [0.5, 0.6) is 0 Å². The number of carboxylic acids is 1. The predicted molar refractivity (Wildman–Crippen MR) is 102 cm³/mol. The number of carbonyl (C=O) groups excluding carboxylic acids is 1. The molecule has 1 heterocycles. The van der Waals surface area contributed by atoms with Crippen LogP contribution >= 0.6 is 0 Å². The van der Waals surface area contributed by atoms with E-state index in [-0.39, 0.29) is 24.7 Å². The molecule has 148 valence electrons. The lowest BCUT2D eigenvalue weighted by atomic mass is 9.81. The van der Waals surface area contributed by atoms with Gasteiger partial charge in [0.25, 0.3) is 0 Å². The van der Waals surface area contributed by atoms with E-state index in [2.05, 4.69) is 24.4 Å². The highest BCUT2D eigenvalue weighted by atomic mass is 16.5. The zero-order chi connectivity index (χ0) is 19.4. The predicted octanol–water partition coefficient (Wildman–Crippen LogP) is 1.74. The molecule has 1 saturated heterocycles. The molecule has 1 aliphatic carbocycles. The number of carbonyl (C=O) groups is 2. The molecule has 2 amide bonds. The van der Waals surface area contributed by atoms with Crippen molar-refractivity contribution in [2.24, 2.45) is 5.92 Å². The fraction of sp³-hybridized carbons (Fsp3) is 0.600. The molecule has 1 aromatic rings. The van der Waals surface area contributed by atoms with Gasteiger partial charge in [-0.15, -0.1) is 0 Å². The summed E-state index contributed by atoms with van der Waals surface area (Å²) in [5, 5.41) is 12.1. The van der Waals surface area contributed by atoms with Gasteiger partial charge >= 0.3 is 12.0 Å². The standard InChI is InChI=1S/C20H29N3O4/c1-14-7-8-15-5-3-4-6-17(15)19(14)21-20(26)23-9-10-27-16(12-23)11-22(2)13-18(24)25/h3-6,14,16,19H,7-13H2,1-2H3,(H,21,26)(H,24,25). The summed E-state index contributed by atoms with van der Waals surface area (Å²) >= 11 is 0. The Hall–Kier alpha value is -2.12. The molecule has 3 unspecified atom stereocenters. The zero-order valence-electron chi connectivity index (χ0n) is 16.1. The molecule has 0 saturated carbocycles. The van der Waals surface area contributed by atoms with E-state index in [0.29, 0.717) is 32.2 Å². The molecule has 7 nitrogen and oxygen atoms in total. The summed E-state index contributed by atoms with van der Waals surface area (Å²) < 4.78 is 5.72. The number of aliphatic carboxylic acids is 1. The van der Waals surface area contributed by atoms with Gasteiger partial charge in [-0.3, -0.25) is 9.69 Å². The molecule has 1 fully saturated rings. The number of hydrogen-bond acceptors (Lipinski definition) is 4. The molecule has 2 aliphatic rings. The number of urea groups is 1. The first kappa shape index (κ1) is 19.6. The van der Waals surface area contributed by atoms with Crippen LogP contribution < -0.4 is 5.32 Å². The number of amides is 2. The second-order valence-corrected chi connectivity index (χ2v) is 7.67. The molecule has 0 bridgehead atoms. The first-order chi connectivity index (χ1) is 12.9. The van der Waals surface area contributed by atoms with Crippen LogP contribution in [-0.2, 0) is 16.0 Å². The largest absolute Gasteiger partial charge is 0.480 e. The summed E-state index contributed by atoms with van der Waals surface area (Å²) in [5.41, 5.74) is 2.53. The van der Waals surface area contributed by atoms with E-state index in [4.69, 9.17) is 9.84 Å². The number of morpholine rings is 1. The highest BCUT2D eigenvalue weighted by Gasteiger charge is 2.31. The number of nitrogens with zero attached hydrogens (tertiary/aromatic N) is 2. The molecule has 1 aliphatic heterocycles. The van der Waals surface area contributed by atoms with Crippen molar-refractivity contribution in [3.05, 3.63) is 35.4 Å². The molecule has 0 aromatic heterocycles. The van der Waals surface area contributed by atoms with Crippen molar-refractivity contribution in [3.8, 4) is 0 Å². The van der Waals surface area contributed by atoms with Gasteiger partial charge in [0.05, 0.1) is 25.3 Å². The zero-order valence-corrected chi connectivity index (χ0v) is 16.1. The maximum atomic E-state index is 12.9. The average Bonchev–Trinajstić information content (AvgIpc) is 2.63. The van der Waals surface area contributed by atoms with Crippen molar-refractivity contribution in [3.63, 3.8) is 0 Å². The maximum absolute atomic E-state index is 12.9. The Morgan fingerprint density at radius 3 is 2.93 bits per heavy atom. The van der Waals surface area contributed by atoms with Crippen LogP contribution in [0, 0.1) is 5.92 Å². The minimum Gasteiger partial charge on any atom is -0.480 e. The van der Waals surface area contributed by atoms with Crippen LogP contribution in [0.4, 0.5) is 4.79 Å². The molecular weight excluding hydrogens is 346 g/mol. The van der Waals surface area contributed by atoms with Crippen LogP contribution in [-0.4, -0.2) is 72.8 Å². The van der Waals surface area contributed by atoms with Crippen molar-refractivity contribution < 1.29 is 19.4 Å². The minimum absolute atomic E-state index is 0.0263. The Morgan fingerprint density at radius 1 is 1.37 bits per heavy atom. The monoisotopic (exact) mass is 375 g/mol. The molecule has 27 heavy (non-hydrogen) atoms. The summed E-state index contributed by atoms with van der Waals surface area (Å²) in [6.45, 7) is 4.12. The first-order valence-electron chi connectivity index (χ1n) is 9.59. The normalized spacial score (nSPS) is 25.1. The quantitative estimate of drug-likeness (QED) is 0.819. The Bertz CT molecular complexity index is 681. The van der Waals surface area contributed by atoms with Gasteiger partial charge in [0, 0.05) is 19.6 Å². The number of carboxylic acid groups (broad SMARTS) is 1. The molecule has 3 rings (SSSR count). The van der Waals surface area contributed by atoms with E-state index in [9.17, 15) is 9.59 Å². The summed E-state index contributed by atoms with van der Waals surface area (Å²) in [4.78, 5) is 27.2. The number of benzene rings is 1. The fourth-order valence-corrected chi connectivity index (χ4v) is 4.02. The highest BCUT2D eigenvalue weighted by molar-refractivity contribution is 5.75. The number of likely N-dealkylation sites (N-methyl/N-ethyl adjacent to an activating group) is 1.